The van der Waals surface area contributed by atoms with Crippen LogP contribution in [0, 0.1) is 11.8 Å². The van der Waals surface area contributed by atoms with E-state index in [-0.39, 0.29) is 12.3 Å². The Hall–Kier alpha value is -2.10. The molecule has 5 atom stereocenters. The van der Waals surface area contributed by atoms with Gasteiger partial charge in [-0.15, -0.1) is 0 Å². The second-order valence-electron chi connectivity index (χ2n) is 7.79. The highest BCUT2D eigenvalue weighted by atomic mass is 32.2. The third-order valence-corrected chi connectivity index (χ3v) is 7.59. The van der Waals surface area contributed by atoms with Crippen molar-refractivity contribution in [1.82, 2.24) is 0 Å². The van der Waals surface area contributed by atoms with Crippen LogP contribution in [0.1, 0.15) is 32.1 Å². The fourth-order valence-electron chi connectivity index (χ4n) is 4.42. The fourth-order valence-corrected chi connectivity index (χ4v) is 6.30. The smallest absolute Gasteiger partial charge is 0.437 e. The van der Waals surface area contributed by atoms with Crippen molar-refractivity contribution in [2.45, 2.75) is 67.5 Å². The monoisotopic (exact) mass is 497 g/mol. The first kappa shape index (κ1) is 24.5. The van der Waals surface area contributed by atoms with Gasteiger partial charge in [0.1, 0.15) is 12.2 Å². The van der Waals surface area contributed by atoms with Crippen LogP contribution >= 0.6 is 0 Å². The minimum Gasteiger partial charge on any atom is -0.550 e. The number of carbonyl (C=O) groups is 3. The van der Waals surface area contributed by atoms with Crippen molar-refractivity contribution in [1.29, 1.82) is 0 Å². The van der Waals surface area contributed by atoms with Crippen molar-refractivity contribution in [3.63, 3.8) is 0 Å². The minimum atomic E-state index is -6.34. The molecule has 1 saturated heterocycles. The van der Waals surface area contributed by atoms with E-state index in [0.29, 0.717) is 6.42 Å². The Morgan fingerprint density at radius 3 is 2.06 bits per heavy atom. The molecule has 2 saturated carbocycles. The van der Waals surface area contributed by atoms with Gasteiger partial charge in [0, 0.05) is 24.2 Å². The van der Waals surface area contributed by atoms with Gasteiger partial charge in [-0.05, 0) is 12.8 Å². The summed E-state index contributed by atoms with van der Waals surface area (Å²) in [7, 11) is -3.82. The number of carbonyl (C=O) groups excluding carboxylic acids is 3. The van der Waals surface area contributed by atoms with Crippen molar-refractivity contribution >= 4 is 28.0 Å². The first-order valence-electron chi connectivity index (χ1n) is 9.15. The van der Waals surface area contributed by atoms with Crippen molar-refractivity contribution in [3.8, 4) is 0 Å². The van der Waals surface area contributed by atoms with E-state index < -0.39 is 88.6 Å². The standard InChI is InChI=1S/C16H16F6O9S/c17-15(18,19)14(5-9(23)24,16(20,21)22)30-11(26)2-1-10(25)29-12-6-3-7-8(4-6)32(27,28)31-13(7)12/h6-8,12-13H,1-5H2,(H,23,24)/p-1. The average Bonchev–Trinajstić information content (AvgIpc) is 3.21. The Labute approximate surface area is 176 Å². The summed E-state index contributed by atoms with van der Waals surface area (Å²) in [6, 6.07) is 0. The zero-order valence-electron chi connectivity index (χ0n) is 15.8. The molecule has 2 bridgehead atoms. The molecule has 3 aliphatic rings. The maximum absolute atomic E-state index is 13.1. The minimum absolute atomic E-state index is 0.173. The predicted molar refractivity (Wildman–Crippen MR) is 83.5 cm³/mol. The van der Waals surface area contributed by atoms with Gasteiger partial charge in [-0.1, -0.05) is 0 Å². The summed E-state index contributed by atoms with van der Waals surface area (Å²) in [5, 5.41) is 9.77. The Bertz CT molecular complexity index is 898. The molecular formula is C16H15F6O9S-. The lowest BCUT2D eigenvalue weighted by molar-refractivity contribution is -0.381. The van der Waals surface area contributed by atoms with Crippen LogP contribution < -0.4 is 5.11 Å². The molecule has 1 aliphatic heterocycles. The number of rotatable bonds is 7. The van der Waals surface area contributed by atoms with Crippen molar-refractivity contribution in [2.75, 3.05) is 0 Å². The maximum Gasteiger partial charge on any atom is 0.437 e. The summed E-state index contributed by atoms with van der Waals surface area (Å²) in [5.41, 5.74) is -5.36. The third kappa shape index (κ3) is 4.13. The zero-order chi connectivity index (χ0) is 24.3. The molecule has 0 N–H and O–H groups in total. The quantitative estimate of drug-likeness (QED) is 0.277. The lowest BCUT2D eigenvalue weighted by Crippen LogP contribution is -2.61. The topological polar surface area (TPSA) is 136 Å². The van der Waals surface area contributed by atoms with E-state index in [4.69, 9.17) is 8.92 Å². The number of fused-ring (bicyclic) bond motifs is 1. The summed E-state index contributed by atoms with van der Waals surface area (Å²) in [6.45, 7) is 0. The number of carboxylic acids is 1. The van der Waals surface area contributed by atoms with Gasteiger partial charge in [0.25, 0.3) is 10.1 Å². The normalized spacial score (nSPS) is 30.9. The fraction of sp³-hybridized carbons (Fsp3) is 0.812. The van der Waals surface area contributed by atoms with E-state index in [9.17, 15) is 54.3 Å². The van der Waals surface area contributed by atoms with E-state index >= 15 is 0 Å². The van der Waals surface area contributed by atoms with Crippen LogP contribution in [0.2, 0.25) is 0 Å². The third-order valence-electron chi connectivity index (χ3n) is 5.81. The molecule has 32 heavy (non-hydrogen) atoms. The van der Waals surface area contributed by atoms with Gasteiger partial charge in [0.05, 0.1) is 18.1 Å². The second kappa shape index (κ2) is 7.74. The van der Waals surface area contributed by atoms with Crippen LogP contribution in [-0.2, 0) is 38.2 Å². The van der Waals surface area contributed by atoms with E-state index in [0.717, 1.165) is 0 Å². The van der Waals surface area contributed by atoms with E-state index in [1.54, 1.807) is 0 Å². The molecule has 2 aliphatic carbocycles. The van der Waals surface area contributed by atoms with Crippen LogP contribution in [0.4, 0.5) is 26.3 Å². The van der Waals surface area contributed by atoms with Gasteiger partial charge in [-0.25, -0.2) is 0 Å². The van der Waals surface area contributed by atoms with Crippen LogP contribution in [0.5, 0.6) is 0 Å². The molecule has 0 aromatic heterocycles. The van der Waals surface area contributed by atoms with Crippen LogP contribution in [0.3, 0.4) is 0 Å². The maximum atomic E-state index is 13.1. The molecule has 182 valence electrons. The number of carboxylic acid groups (broad SMARTS) is 1. The van der Waals surface area contributed by atoms with Gasteiger partial charge >= 0.3 is 29.9 Å². The van der Waals surface area contributed by atoms with Gasteiger partial charge in [-0.3, -0.25) is 13.8 Å². The number of ether oxygens (including phenoxy) is 2. The summed E-state index contributed by atoms with van der Waals surface area (Å²) in [6.07, 6.45) is -19.0. The molecule has 3 rings (SSSR count). The highest BCUT2D eigenvalue weighted by Crippen LogP contribution is 2.55. The first-order valence-corrected chi connectivity index (χ1v) is 10.6. The molecule has 3 fully saturated rings. The number of aliphatic carboxylic acids is 1. The summed E-state index contributed by atoms with van der Waals surface area (Å²) >= 11 is 0. The Kier molecular flexibility index (Phi) is 5.94. The second-order valence-corrected chi connectivity index (χ2v) is 9.57. The van der Waals surface area contributed by atoms with Gasteiger partial charge in [0.15, 0.2) is 0 Å². The molecule has 0 radical (unpaired) electrons. The SMILES string of the molecule is O=C([O-])CC(OC(=O)CCC(=O)OC1C2CC3C1OS(=O)(=O)C3C2)(C(F)(F)F)C(F)(F)F. The summed E-state index contributed by atoms with van der Waals surface area (Å²) in [5.74, 6) is -6.86. The molecule has 5 unspecified atom stereocenters. The predicted octanol–water partition coefficient (Wildman–Crippen LogP) is 0.362. The highest BCUT2D eigenvalue weighted by molar-refractivity contribution is 7.87. The number of halogens is 6. The molecule has 16 heteroatoms. The lowest BCUT2D eigenvalue weighted by atomic mass is 9.94. The van der Waals surface area contributed by atoms with E-state index in [1.165, 1.54) is 0 Å². The number of alkyl halides is 6. The molecule has 1 heterocycles. The van der Waals surface area contributed by atoms with Gasteiger partial charge in [0.2, 0.25) is 0 Å². The Morgan fingerprint density at radius 2 is 1.53 bits per heavy atom. The van der Waals surface area contributed by atoms with Crippen molar-refractivity contribution in [3.05, 3.63) is 0 Å². The number of esters is 2. The van der Waals surface area contributed by atoms with Crippen molar-refractivity contribution in [2.24, 2.45) is 11.8 Å². The molecular weight excluding hydrogens is 482 g/mol. The van der Waals surface area contributed by atoms with Crippen LogP contribution in [0.15, 0.2) is 0 Å². The summed E-state index contributed by atoms with van der Waals surface area (Å²) in [4.78, 5) is 34.1. The number of hydrogen-bond acceptors (Lipinski definition) is 9. The zero-order valence-corrected chi connectivity index (χ0v) is 16.6. The Balaban J connectivity index is 1.61. The molecule has 9 nitrogen and oxygen atoms in total. The average molecular weight is 497 g/mol. The van der Waals surface area contributed by atoms with Crippen molar-refractivity contribution < 1.29 is 67.9 Å². The largest absolute Gasteiger partial charge is 0.550 e. The molecule has 0 aromatic rings. The van der Waals surface area contributed by atoms with Crippen LogP contribution in [-0.4, -0.2) is 61.7 Å². The summed E-state index contributed by atoms with van der Waals surface area (Å²) < 4.78 is 116. The number of hydrogen-bond donors (Lipinski definition) is 0. The van der Waals surface area contributed by atoms with Gasteiger partial charge < -0.3 is 19.4 Å². The molecule has 0 aromatic carbocycles. The molecule has 0 spiro atoms. The highest BCUT2D eigenvalue weighted by Gasteiger charge is 2.74. The first-order chi connectivity index (χ1) is 14.5. The van der Waals surface area contributed by atoms with Gasteiger partial charge in [-0.2, -0.15) is 34.8 Å². The Morgan fingerprint density at radius 1 is 0.969 bits per heavy atom. The van der Waals surface area contributed by atoms with E-state index in [2.05, 4.69) is 4.74 Å². The van der Waals surface area contributed by atoms with E-state index in [1.807, 2.05) is 0 Å². The lowest BCUT2D eigenvalue weighted by Gasteiger charge is -2.36. The molecule has 0 amide bonds. The van der Waals surface area contributed by atoms with Crippen LogP contribution in [0.25, 0.3) is 0 Å².